The zero-order valence-electron chi connectivity index (χ0n) is 23.0. The lowest BCUT2D eigenvalue weighted by molar-refractivity contribution is 0.835. The van der Waals surface area contributed by atoms with E-state index in [9.17, 15) is 0 Å². The highest BCUT2D eigenvalue weighted by Crippen LogP contribution is 2.60. The molecule has 0 aromatic heterocycles. The van der Waals surface area contributed by atoms with E-state index in [1.165, 1.54) is 103 Å². The lowest BCUT2D eigenvalue weighted by Crippen LogP contribution is -2.25. The summed E-state index contributed by atoms with van der Waals surface area (Å²) in [6, 6.07) is 15.0. The lowest BCUT2D eigenvalue weighted by atomic mass is 9.96. The quantitative estimate of drug-likeness (QED) is 0.320. The molecule has 4 saturated carbocycles. The van der Waals surface area contributed by atoms with Crippen LogP contribution in [0.1, 0.15) is 114 Å². The summed E-state index contributed by atoms with van der Waals surface area (Å²) in [5.41, 5.74) is 10.4. The van der Waals surface area contributed by atoms with Gasteiger partial charge in [-0.15, -0.1) is 0 Å². The summed E-state index contributed by atoms with van der Waals surface area (Å²) in [5, 5.41) is 3.62. The molecular weight excluding hydrogens is 470 g/mol. The fourth-order valence-corrected chi connectivity index (χ4v) is 16.6. The van der Waals surface area contributed by atoms with Gasteiger partial charge in [-0.25, -0.2) is 0 Å². The molecule has 6 rings (SSSR count). The van der Waals surface area contributed by atoms with E-state index < -0.39 is 0 Å². The van der Waals surface area contributed by atoms with Crippen molar-refractivity contribution in [1.82, 2.24) is 0 Å². The van der Waals surface area contributed by atoms with Gasteiger partial charge in [0.15, 0.2) is 0 Å². The number of rotatable bonds is 7. The van der Waals surface area contributed by atoms with Gasteiger partial charge in [0.05, 0.1) is 0 Å². The van der Waals surface area contributed by atoms with Crippen molar-refractivity contribution in [3.8, 4) is 11.1 Å². The van der Waals surface area contributed by atoms with Crippen LogP contribution in [0, 0.1) is 13.8 Å². The standard InChI is InChI=1S/C34H48P2/c1-25-13-11-23-31(35(27-15-3-4-16-27)28-17-5-6-18-28)33(25)34-26(2)14-12-24-32(34)36(29-19-7-8-20-29)30-21-9-10-22-30/h11-14,23-24,27-30H,3-10,15-22H2,1-2H3. The maximum absolute atomic E-state index is 2.62. The molecule has 0 bridgehead atoms. The highest BCUT2D eigenvalue weighted by Gasteiger charge is 2.38. The number of hydrogen-bond donors (Lipinski definition) is 0. The first-order valence-electron chi connectivity index (χ1n) is 15.5. The maximum atomic E-state index is 2.62. The molecule has 4 fully saturated rings. The topological polar surface area (TPSA) is 0 Å². The summed E-state index contributed by atoms with van der Waals surface area (Å²) in [6.07, 6.45) is 23.7. The van der Waals surface area contributed by atoms with Crippen molar-refractivity contribution in [3.63, 3.8) is 0 Å². The molecule has 0 nitrogen and oxygen atoms in total. The van der Waals surface area contributed by atoms with Crippen LogP contribution < -0.4 is 10.6 Å². The molecule has 0 amide bonds. The second kappa shape index (κ2) is 11.6. The number of hydrogen-bond acceptors (Lipinski definition) is 0. The highest BCUT2D eigenvalue weighted by atomic mass is 31.1. The van der Waals surface area contributed by atoms with Crippen LogP contribution in [-0.4, -0.2) is 22.6 Å². The van der Waals surface area contributed by atoms with Crippen molar-refractivity contribution < 1.29 is 0 Å². The minimum absolute atomic E-state index is 0.0759. The van der Waals surface area contributed by atoms with E-state index in [2.05, 4.69) is 50.2 Å². The fourth-order valence-electron chi connectivity index (χ4n) is 8.50. The summed E-state index contributed by atoms with van der Waals surface area (Å²) in [5.74, 6) is 0. The summed E-state index contributed by atoms with van der Waals surface area (Å²) in [7, 11) is -0.152. The monoisotopic (exact) mass is 518 g/mol. The summed E-state index contributed by atoms with van der Waals surface area (Å²) < 4.78 is 0. The van der Waals surface area contributed by atoms with E-state index in [0.717, 1.165) is 22.6 Å². The average Bonchev–Trinajstić information content (AvgIpc) is 3.70. The van der Waals surface area contributed by atoms with Crippen LogP contribution in [0.2, 0.25) is 0 Å². The van der Waals surface area contributed by atoms with Gasteiger partial charge in [0.25, 0.3) is 0 Å². The van der Waals surface area contributed by atoms with E-state index in [4.69, 9.17) is 0 Å². The number of benzene rings is 2. The second-order valence-electron chi connectivity index (χ2n) is 12.5. The van der Waals surface area contributed by atoms with Crippen molar-refractivity contribution in [3.05, 3.63) is 47.5 Å². The third kappa shape index (κ3) is 5.01. The van der Waals surface area contributed by atoms with E-state index >= 15 is 0 Å². The molecule has 0 radical (unpaired) electrons. The molecular formula is C34H48P2. The Morgan fingerprint density at radius 2 is 0.722 bits per heavy atom. The Bertz CT molecular complexity index is 902. The molecule has 4 aliphatic rings. The first-order chi connectivity index (χ1) is 17.7. The SMILES string of the molecule is Cc1cccc(P(C2CCCC2)C2CCCC2)c1-c1c(C)cccc1P(C1CCCC1)C1CCCC1. The predicted molar refractivity (Wildman–Crippen MR) is 163 cm³/mol. The Morgan fingerprint density at radius 3 is 1.00 bits per heavy atom. The van der Waals surface area contributed by atoms with Gasteiger partial charge in [-0.3, -0.25) is 0 Å². The number of aryl methyl sites for hydroxylation is 2. The third-order valence-electron chi connectivity index (χ3n) is 10.2. The van der Waals surface area contributed by atoms with E-state index in [0.29, 0.717) is 0 Å². The van der Waals surface area contributed by atoms with Crippen LogP contribution in [0.3, 0.4) is 0 Å². The fraction of sp³-hybridized carbons (Fsp3) is 0.647. The first-order valence-corrected chi connectivity index (χ1v) is 18.4. The van der Waals surface area contributed by atoms with E-state index in [1.54, 1.807) is 22.3 Å². The van der Waals surface area contributed by atoms with Gasteiger partial charge in [-0.1, -0.05) is 104 Å². The van der Waals surface area contributed by atoms with Gasteiger partial charge in [0.1, 0.15) is 0 Å². The molecule has 36 heavy (non-hydrogen) atoms. The van der Waals surface area contributed by atoms with Crippen LogP contribution in [0.15, 0.2) is 36.4 Å². The summed E-state index contributed by atoms with van der Waals surface area (Å²) in [6.45, 7) is 4.89. The van der Waals surface area contributed by atoms with Gasteiger partial charge in [-0.05, 0) is 121 Å². The van der Waals surface area contributed by atoms with Crippen LogP contribution in [0.5, 0.6) is 0 Å². The highest BCUT2D eigenvalue weighted by molar-refractivity contribution is 7.68. The molecule has 2 aromatic rings. The third-order valence-corrected chi connectivity index (χ3v) is 17.3. The van der Waals surface area contributed by atoms with Crippen molar-refractivity contribution in [2.45, 2.75) is 139 Å². The Morgan fingerprint density at radius 1 is 0.444 bits per heavy atom. The molecule has 0 spiro atoms. The zero-order chi connectivity index (χ0) is 24.5. The van der Waals surface area contributed by atoms with Crippen LogP contribution >= 0.6 is 15.8 Å². The molecule has 0 saturated heterocycles. The molecule has 0 unspecified atom stereocenters. The van der Waals surface area contributed by atoms with Crippen molar-refractivity contribution in [1.29, 1.82) is 0 Å². The molecule has 0 aliphatic heterocycles. The van der Waals surface area contributed by atoms with Gasteiger partial charge >= 0.3 is 0 Å². The average molecular weight is 519 g/mol. The lowest BCUT2D eigenvalue weighted by Gasteiger charge is -2.36. The maximum Gasteiger partial charge on any atom is -0.00684 e. The van der Waals surface area contributed by atoms with E-state index in [1.807, 2.05) is 10.6 Å². The minimum atomic E-state index is -0.0759. The van der Waals surface area contributed by atoms with Crippen LogP contribution in [0.25, 0.3) is 11.1 Å². The van der Waals surface area contributed by atoms with Crippen molar-refractivity contribution >= 4 is 26.5 Å². The zero-order valence-corrected chi connectivity index (χ0v) is 24.8. The Hall–Kier alpha value is -0.700. The molecule has 194 valence electrons. The molecule has 2 heteroatoms. The molecule has 2 aromatic carbocycles. The predicted octanol–water partition coefficient (Wildman–Crippen LogP) is 9.96. The summed E-state index contributed by atoms with van der Waals surface area (Å²) in [4.78, 5) is 0. The largest absolute Gasteiger partial charge is 0.0683 e. The molecule has 0 N–H and O–H groups in total. The van der Waals surface area contributed by atoms with Crippen LogP contribution in [0.4, 0.5) is 0 Å². The Kier molecular flexibility index (Phi) is 8.23. The van der Waals surface area contributed by atoms with Gasteiger partial charge in [0.2, 0.25) is 0 Å². The van der Waals surface area contributed by atoms with Crippen LogP contribution in [-0.2, 0) is 0 Å². The van der Waals surface area contributed by atoms with Crippen molar-refractivity contribution in [2.24, 2.45) is 0 Å². The van der Waals surface area contributed by atoms with E-state index in [-0.39, 0.29) is 15.8 Å². The molecule has 4 aliphatic carbocycles. The molecule has 0 heterocycles. The first kappa shape index (κ1) is 25.6. The smallest absolute Gasteiger partial charge is 0.00684 e. The normalized spacial score (nSPS) is 22.7. The Balaban J connectivity index is 1.51. The molecule has 0 atom stereocenters. The minimum Gasteiger partial charge on any atom is -0.0683 e. The Labute approximate surface area is 223 Å². The second-order valence-corrected chi connectivity index (χ2v) is 18.0. The van der Waals surface area contributed by atoms with Crippen molar-refractivity contribution in [2.75, 3.05) is 0 Å². The van der Waals surface area contributed by atoms with Gasteiger partial charge in [0, 0.05) is 0 Å². The van der Waals surface area contributed by atoms with Gasteiger partial charge < -0.3 is 0 Å². The summed E-state index contributed by atoms with van der Waals surface area (Å²) >= 11 is 0. The van der Waals surface area contributed by atoms with Gasteiger partial charge in [-0.2, -0.15) is 0 Å².